The van der Waals surface area contributed by atoms with Crippen LogP contribution in [-0.4, -0.2) is 41.8 Å². The van der Waals surface area contributed by atoms with E-state index in [0.717, 1.165) is 31.3 Å². The fourth-order valence-electron chi connectivity index (χ4n) is 3.75. The van der Waals surface area contributed by atoms with Crippen molar-refractivity contribution in [2.24, 2.45) is 5.92 Å². The minimum absolute atomic E-state index is 0.298. The molecule has 0 unspecified atom stereocenters. The van der Waals surface area contributed by atoms with E-state index in [2.05, 4.69) is 9.88 Å². The van der Waals surface area contributed by atoms with Crippen molar-refractivity contribution >= 4 is 11.3 Å². The third-order valence-electron chi connectivity index (χ3n) is 4.84. The topological polar surface area (TPSA) is 47.7 Å². The van der Waals surface area contributed by atoms with Gasteiger partial charge in [-0.1, -0.05) is 0 Å². The molecule has 6 heteroatoms. The third kappa shape index (κ3) is 3.50. The van der Waals surface area contributed by atoms with E-state index in [4.69, 9.17) is 13.9 Å². The van der Waals surface area contributed by atoms with Crippen LogP contribution in [0.15, 0.2) is 34.6 Å². The first kappa shape index (κ1) is 15.3. The van der Waals surface area contributed by atoms with E-state index in [-0.39, 0.29) is 0 Å². The van der Waals surface area contributed by atoms with Crippen LogP contribution in [0, 0.1) is 5.92 Å². The Labute approximate surface area is 140 Å². The number of fused-ring (bicyclic) bond motifs is 1. The Morgan fingerprint density at radius 2 is 2.39 bits per heavy atom. The van der Waals surface area contributed by atoms with Crippen LogP contribution in [0.3, 0.4) is 0 Å². The first-order valence-electron chi connectivity index (χ1n) is 8.23. The number of ether oxygens (including phenoxy) is 2. The van der Waals surface area contributed by atoms with Gasteiger partial charge in [0.05, 0.1) is 38.5 Å². The predicted molar refractivity (Wildman–Crippen MR) is 87.1 cm³/mol. The van der Waals surface area contributed by atoms with E-state index in [0.29, 0.717) is 24.7 Å². The van der Waals surface area contributed by atoms with Gasteiger partial charge in [0.15, 0.2) is 0 Å². The number of rotatable bonds is 6. The molecule has 23 heavy (non-hydrogen) atoms. The van der Waals surface area contributed by atoms with Crippen LogP contribution in [0.5, 0.6) is 0 Å². The van der Waals surface area contributed by atoms with E-state index in [1.54, 1.807) is 17.6 Å². The minimum atomic E-state index is 0.298. The van der Waals surface area contributed by atoms with Gasteiger partial charge < -0.3 is 13.9 Å². The zero-order valence-corrected chi connectivity index (χ0v) is 13.9. The van der Waals surface area contributed by atoms with Crippen molar-refractivity contribution in [1.82, 2.24) is 9.88 Å². The predicted octanol–water partition coefficient (Wildman–Crippen LogP) is 2.93. The lowest BCUT2D eigenvalue weighted by Gasteiger charge is -2.39. The molecule has 2 fully saturated rings. The molecule has 2 aromatic heterocycles. The van der Waals surface area contributed by atoms with Gasteiger partial charge in [0.1, 0.15) is 5.01 Å². The zero-order valence-electron chi connectivity index (χ0n) is 13.1. The molecule has 0 spiro atoms. The highest BCUT2D eigenvalue weighted by Gasteiger charge is 2.42. The van der Waals surface area contributed by atoms with Gasteiger partial charge in [-0.15, -0.1) is 11.3 Å². The molecular formula is C17H22N2O3S. The summed E-state index contributed by atoms with van der Waals surface area (Å²) in [5.41, 5.74) is 1.24. The Kier molecular flexibility index (Phi) is 4.75. The van der Waals surface area contributed by atoms with Crippen LogP contribution in [0.25, 0.3) is 0 Å². The average molecular weight is 334 g/mol. The van der Waals surface area contributed by atoms with Gasteiger partial charge in [-0.05, 0) is 18.9 Å². The second-order valence-corrected chi connectivity index (χ2v) is 7.26. The van der Waals surface area contributed by atoms with Gasteiger partial charge in [-0.2, -0.15) is 0 Å². The number of hydrogen-bond donors (Lipinski definition) is 0. The molecule has 0 radical (unpaired) electrons. The summed E-state index contributed by atoms with van der Waals surface area (Å²) in [5, 5.41) is 3.04. The molecule has 0 aromatic carbocycles. The summed E-state index contributed by atoms with van der Waals surface area (Å²) in [6, 6.07) is 2.56. The summed E-state index contributed by atoms with van der Waals surface area (Å²) >= 11 is 1.65. The molecule has 5 nitrogen and oxygen atoms in total. The van der Waals surface area contributed by atoms with Crippen molar-refractivity contribution in [3.8, 4) is 0 Å². The fraction of sp³-hybridized carbons (Fsp3) is 0.588. The molecule has 3 heterocycles. The first-order chi connectivity index (χ1) is 11.4. The molecule has 1 aliphatic carbocycles. The minimum Gasteiger partial charge on any atom is -0.472 e. The Bertz CT molecular complexity index is 587. The smallest absolute Gasteiger partial charge is 0.118 e. The monoisotopic (exact) mass is 334 g/mol. The van der Waals surface area contributed by atoms with Gasteiger partial charge in [-0.3, -0.25) is 4.90 Å². The van der Waals surface area contributed by atoms with Crippen LogP contribution in [0.2, 0.25) is 0 Å². The van der Waals surface area contributed by atoms with Crippen LogP contribution < -0.4 is 0 Å². The second-order valence-electron chi connectivity index (χ2n) is 6.28. The molecule has 1 saturated heterocycles. The molecule has 1 saturated carbocycles. The van der Waals surface area contributed by atoms with Crippen molar-refractivity contribution in [3.05, 3.63) is 40.7 Å². The molecule has 3 atom stereocenters. The molecule has 1 aliphatic heterocycles. The molecule has 4 rings (SSSR count). The van der Waals surface area contributed by atoms with Crippen molar-refractivity contribution in [2.75, 3.05) is 19.8 Å². The number of thiazole rings is 1. The Morgan fingerprint density at radius 1 is 1.39 bits per heavy atom. The quantitative estimate of drug-likeness (QED) is 0.813. The number of morpholine rings is 1. The number of furan rings is 1. The van der Waals surface area contributed by atoms with Crippen LogP contribution >= 0.6 is 11.3 Å². The Morgan fingerprint density at radius 3 is 3.22 bits per heavy atom. The maximum absolute atomic E-state index is 6.09. The van der Waals surface area contributed by atoms with Gasteiger partial charge >= 0.3 is 0 Å². The maximum atomic E-state index is 6.09. The molecule has 0 N–H and O–H groups in total. The largest absolute Gasteiger partial charge is 0.472 e. The van der Waals surface area contributed by atoms with Gasteiger partial charge in [-0.25, -0.2) is 4.98 Å². The van der Waals surface area contributed by atoms with E-state index in [1.807, 2.05) is 23.9 Å². The van der Waals surface area contributed by atoms with Crippen molar-refractivity contribution in [3.63, 3.8) is 0 Å². The molecule has 0 bridgehead atoms. The standard InChI is InChI=1S/C17H22N2O3S/c1-2-15-17(14(1)11-21-12-16-18-4-8-23-16)22-7-5-19(15)9-13-3-6-20-10-13/h3-4,6,8,10,14-15,17H,1-2,5,7,9,11-12H2/t14-,15-,17+/m0/s1. The Balaban J connectivity index is 1.31. The average Bonchev–Trinajstić information content (AvgIpc) is 3.30. The van der Waals surface area contributed by atoms with Gasteiger partial charge in [0.25, 0.3) is 0 Å². The molecule has 124 valence electrons. The van der Waals surface area contributed by atoms with E-state index < -0.39 is 0 Å². The normalized spacial score (nSPS) is 28.1. The number of nitrogens with zero attached hydrogens (tertiary/aromatic N) is 2. The van der Waals surface area contributed by atoms with E-state index in [1.165, 1.54) is 18.4 Å². The molecule has 2 aromatic rings. The third-order valence-corrected chi connectivity index (χ3v) is 5.59. The van der Waals surface area contributed by atoms with Crippen molar-refractivity contribution in [1.29, 1.82) is 0 Å². The SMILES string of the molecule is c1csc(COC[C@@H]2CC[C@H]3[C@@H]2OCCN3Cc2ccoc2)n1. The van der Waals surface area contributed by atoms with Crippen molar-refractivity contribution in [2.45, 2.75) is 38.1 Å². The molecular weight excluding hydrogens is 312 g/mol. The van der Waals surface area contributed by atoms with Crippen LogP contribution in [0.4, 0.5) is 0 Å². The lowest BCUT2D eigenvalue weighted by Crippen LogP contribution is -2.50. The summed E-state index contributed by atoms with van der Waals surface area (Å²) in [4.78, 5) is 6.80. The van der Waals surface area contributed by atoms with Crippen molar-refractivity contribution < 1.29 is 13.9 Å². The van der Waals surface area contributed by atoms with E-state index in [9.17, 15) is 0 Å². The fourth-order valence-corrected chi connectivity index (χ4v) is 4.30. The zero-order chi connectivity index (χ0) is 15.5. The Hall–Kier alpha value is -1.21. The summed E-state index contributed by atoms with van der Waals surface area (Å²) < 4.78 is 17.2. The number of hydrogen-bond acceptors (Lipinski definition) is 6. The van der Waals surface area contributed by atoms with Gasteiger partial charge in [0, 0.05) is 42.2 Å². The molecule has 0 amide bonds. The maximum Gasteiger partial charge on any atom is 0.118 e. The summed E-state index contributed by atoms with van der Waals surface area (Å²) in [6.45, 7) is 4.14. The lowest BCUT2D eigenvalue weighted by atomic mass is 10.0. The first-order valence-corrected chi connectivity index (χ1v) is 9.11. The number of aromatic nitrogens is 1. The summed E-state index contributed by atoms with van der Waals surface area (Å²) in [5.74, 6) is 0.493. The highest BCUT2D eigenvalue weighted by atomic mass is 32.1. The van der Waals surface area contributed by atoms with E-state index >= 15 is 0 Å². The summed E-state index contributed by atoms with van der Waals surface area (Å²) in [6.07, 6.45) is 8.08. The summed E-state index contributed by atoms with van der Waals surface area (Å²) in [7, 11) is 0. The molecule has 2 aliphatic rings. The highest BCUT2D eigenvalue weighted by Crippen LogP contribution is 2.35. The highest BCUT2D eigenvalue weighted by molar-refractivity contribution is 7.09. The van der Waals surface area contributed by atoms with Crippen LogP contribution in [0.1, 0.15) is 23.4 Å². The van der Waals surface area contributed by atoms with Crippen LogP contribution in [-0.2, 0) is 22.6 Å². The lowest BCUT2D eigenvalue weighted by molar-refractivity contribution is -0.0891. The van der Waals surface area contributed by atoms with Gasteiger partial charge in [0.2, 0.25) is 0 Å². The second kappa shape index (κ2) is 7.13.